The highest BCUT2D eigenvalue weighted by Crippen LogP contribution is 2.35. The molecule has 29 heavy (non-hydrogen) atoms. The molecule has 0 bridgehead atoms. The number of aryl methyl sites for hydroxylation is 1. The Morgan fingerprint density at radius 1 is 1.17 bits per heavy atom. The second kappa shape index (κ2) is 8.49. The number of benzene rings is 1. The molecule has 2 heterocycles. The van der Waals surface area contributed by atoms with Gasteiger partial charge in [0.05, 0.1) is 25.4 Å². The van der Waals surface area contributed by atoms with Crippen molar-refractivity contribution in [2.45, 2.75) is 37.5 Å². The molecule has 4 atom stereocenters. The summed E-state index contributed by atoms with van der Waals surface area (Å²) >= 11 is 0. The van der Waals surface area contributed by atoms with Gasteiger partial charge in [-0.05, 0) is 36.6 Å². The summed E-state index contributed by atoms with van der Waals surface area (Å²) in [6, 6.07) is 10.7. The minimum absolute atomic E-state index is 0.209. The molecule has 1 aromatic carbocycles. The number of aliphatic hydroxyl groups excluding tert-OH is 2. The molecule has 0 radical (unpaired) electrons. The fourth-order valence-corrected chi connectivity index (χ4v) is 4.21. The average molecular weight is 397 g/mol. The average Bonchev–Trinajstić information content (AvgIpc) is 3.03. The second-order valence-corrected chi connectivity index (χ2v) is 7.76. The SMILES string of the molecule is Cc1ccccc1C(=O)NC1C(c2ccc(N3CCOCC3)nc2)CC(O)C1O. The van der Waals surface area contributed by atoms with Crippen LogP contribution in [0.15, 0.2) is 42.6 Å². The van der Waals surface area contributed by atoms with Crippen molar-refractivity contribution in [3.63, 3.8) is 0 Å². The van der Waals surface area contributed by atoms with Crippen molar-refractivity contribution < 1.29 is 19.7 Å². The number of carbonyl (C=O) groups excluding carboxylic acids is 1. The lowest BCUT2D eigenvalue weighted by Crippen LogP contribution is -2.45. The maximum absolute atomic E-state index is 12.8. The minimum Gasteiger partial charge on any atom is -0.390 e. The summed E-state index contributed by atoms with van der Waals surface area (Å²) < 4.78 is 5.38. The molecule has 1 aliphatic carbocycles. The molecule has 7 nitrogen and oxygen atoms in total. The van der Waals surface area contributed by atoms with Gasteiger partial charge in [0.2, 0.25) is 0 Å². The Balaban J connectivity index is 1.52. The zero-order valence-corrected chi connectivity index (χ0v) is 16.5. The molecule has 1 aromatic heterocycles. The van der Waals surface area contributed by atoms with Crippen molar-refractivity contribution in [2.24, 2.45) is 0 Å². The summed E-state index contributed by atoms with van der Waals surface area (Å²) in [6.45, 7) is 4.88. The highest BCUT2D eigenvalue weighted by Gasteiger charge is 2.43. The van der Waals surface area contributed by atoms with Gasteiger partial charge in [0.15, 0.2) is 0 Å². The smallest absolute Gasteiger partial charge is 0.251 e. The lowest BCUT2D eigenvalue weighted by molar-refractivity contribution is 0.0294. The highest BCUT2D eigenvalue weighted by atomic mass is 16.5. The van der Waals surface area contributed by atoms with Crippen molar-refractivity contribution in [3.8, 4) is 0 Å². The predicted molar refractivity (Wildman–Crippen MR) is 109 cm³/mol. The maximum Gasteiger partial charge on any atom is 0.251 e. The minimum atomic E-state index is -1.02. The molecule has 4 rings (SSSR count). The van der Waals surface area contributed by atoms with E-state index in [0.717, 1.165) is 30.0 Å². The van der Waals surface area contributed by atoms with Crippen LogP contribution in [0.2, 0.25) is 0 Å². The van der Waals surface area contributed by atoms with Crippen LogP contribution < -0.4 is 10.2 Å². The van der Waals surface area contributed by atoms with E-state index in [0.29, 0.717) is 25.2 Å². The van der Waals surface area contributed by atoms with Crippen molar-refractivity contribution in [2.75, 3.05) is 31.2 Å². The molecule has 1 saturated heterocycles. The number of ether oxygens (including phenoxy) is 1. The fourth-order valence-electron chi connectivity index (χ4n) is 4.21. The number of nitrogens with one attached hydrogen (secondary N) is 1. The molecule has 1 aliphatic heterocycles. The van der Waals surface area contributed by atoms with Gasteiger partial charge in [-0.2, -0.15) is 0 Å². The van der Waals surface area contributed by atoms with Crippen LogP contribution in [0.1, 0.15) is 33.8 Å². The first-order valence-corrected chi connectivity index (χ1v) is 10.1. The zero-order valence-electron chi connectivity index (χ0n) is 16.5. The van der Waals surface area contributed by atoms with Crippen LogP contribution in [0.5, 0.6) is 0 Å². The number of nitrogens with zero attached hydrogens (tertiary/aromatic N) is 2. The summed E-state index contributed by atoms with van der Waals surface area (Å²) in [5, 5.41) is 23.7. The molecule has 1 saturated carbocycles. The number of pyridine rings is 1. The molecule has 0 spiro atoms. The van der Waals surface area contributed by atoms with Gasteiger partial charge in [0, 0.05) is 30.8 Å². The topological polar surface area (TPSA) is 94.9 Å². The van der Waals surface area contributed by atoms with Crippen molar-refractivity contribution in [3.05, 3.63) is 59.3 Å². The number of hydrogen-bond acceptors (Lipinski definition) is 6. The summed E-state index contributed by atoms with van der Waals surface area (Å²) in [6.07, 6.45) is 0.249. The Labute approximate surface area is 170 Å². The van der Waals surface area contributed by atoms with Crippen molar-refractivity contribution >= 4 is 11.7 Å². The van der Waals surface area contributed by atoms with E-state index in [2.05, 4.69) is 15.2 Å². The third-order valence-electron chi connectivity index (χ3n) is 5.91. The predicted octanol–water partition coefficient (Wildman–Crippen LogP) is 1.23. The third kappa shape index (κ3) is 4.12. The van der Waals surface area contributed by atoms with E-state index in [4.69, 9.17) is 4.74 Å². The number of aromatic nitrogens is 1. The van der Waals surface area contributed by atoms with E-state index in [9.17, 15) is 15.0 Å². The Morgan fingerprint density at radius 3 is 2.62 bits per heavy atom. The first-order valence-electron chi connectivity index (χ1n) is 10.1. The van der Waals surface area contributed by atoms with Crippen LogP contribution in [-0.2, 0) is 4.74 Å². The molecule has 2 aromatic rings. The van der Waals surface area contributed by atoms with Crippen LogP contribution in [0.25, 0.3) is 0 Å². The monoisotopic (exact) mass is 397 g/mol. The standard InChI is InChI=1S/C22H27N3O4/c1-14-4-2-3-5-16(14)22(28)24-20-17(12-18(26)21(20)27)15-6-7-19(23-13-15)25-8-10-29-11-9-25/h2-7,13,17-18,20-21,26-27H,8-12H2,1H3,(H,24,28). The zero-order chi connectivity index (χ0) is 20.4. The van der Waals surface area contributed by atoms with Crippen LogP contribution in [0.4, 0.5) is 5.82 Å². The summed E-state index contributed by atoms with van der Waals surface area (Å²) in [4.78, 5) is 19.5. The first-order chi connectivity index (χ1) is 14.0. The molecule has 1 amide bonds. The molecule has 2 aliphatic rings. The summed E-state index contributed by atoms with van der Waals surface area (Å²) in [5.41, 5.74) is 2.33. The number of rotatable bonds is 4. The quantitative estimate of drug-likeness (QED) is 0.719. The third-order valence-corrected chi connectivity index (χ3v) is 5.91. The molecule has 4 unspecified atom stereocenters. The Kier molecular flexibility index (Phi) is 5.80. The molecule has 154 valence electrons. The number of hydrogen-bond donors (Lipinski definition) is 3. The second-order valence-electron chi connectivity index (χ2n) is 7.76. The van der Waals surface area contributed by atoms with Gasteiger partial charge in [0.25, 0.3) is 5.91 Å². The van der Waals surface area contributed by atoms with Crippen LogP contribution >= 0.6 is 0 Å². The van der Waals surface area contributed by atoms with Gasteiger partial charge in [-0.25, -0.2) is 4.98 Å². The van der Waals surface area contributed by atoms with Gasteiger partial charge in [-0.15, -0.1) is 0 Å². The largest absolute Gasteiger partial charge is 0.390 e. The highest BCUT2D eigenvalue weighted by molar-refractivity contribution is 5.95. The number of anilines is 1. The number of aliphatic hydroxyl groups is 2. The lowest BCUT2D eigenvalue weighted by Gasteiger charge is -2.28. The lowest BCUT2D eigenvalue weighted by atomic mass is 9.94. The number of amides is 1. The van der Waals surface area contributed by atoms with Gasteiger partial charge in [-0.3, -0.25) is 4.79 Å². The number of carbonyl (C=O) groups is 1. The van der Waals surface area contributed by atoms with Crippen molar-refractivity contribution in [1.82, 2.24) is 10.3 Å². The van der Waals surface area contributed by atoms with Crippen LogP contribution in [0, 0.1) is 6.92 Å². The van der Waals surface area contributed by atoms with E-state index in [1.54, 1.807) is 12.3 Å². The van der Waals surface area contributed by atoms with E-state index < -0.39 is 18.2 Å². The van der Waals surface area contributed by atoms with E-state index in [1.165, 1.54) is 0 Å². The van der Waals surface area contributed by atoms with Gasteiger partial charge >= 0.3 is 0 Å². The summed E-state index contributed by atoms with van der Waals surface area (Å²) in [7, 11) is 0. The van der Waals surface area contributed by atoms with Gasteiger partial charge in [-0.1, -0.05) is 24.3 Å². The fraction of sp³-hybridized carbons (Fsp3) is 0.455. The molecule has 3 N–H and O–H groups in total. The summed E-state index contributed by atoms with van der Waals surface area (Å²) in [5.74, 6) is 0.431. The van der Waals surface area contributed by atoms with Crippen molar-refractivity contribution in [1.29, 1.82) is 0 Å². The van der Waals surface area contributed by atoms with E-state index in [-0.39, 0.29) is 11.8 Å². The maximum atomic E-state index is 12.8. The van der Waals surface area contributed by atoms with Crippen LogP contribution in [0.3, 0.4) is 0 Å². The van der Waals surface area contributed by atoms with Gasteiger partial charge in [0.1, 0.15) is 11.9 Å². The van der Waals surface area contributed by atoms with Gasteiger partial charge < -0.3 is 25.2 Å². The number of morpholine rings is 1. The molecular formula is C22H27N3O4. The molecule has 2 fully saturated rings. The Hall–Kier alpha value is -2.48. The van der Waals surface area contributed by atoms with E-state index >= 15 is 0 Å². The first kappa shape index (κ1) is 19.8. The van der Waals surface area contributed by atoms with Crippen LogP contribution in [-0.4, -0.2) is 65.7 Å². The Morgan fingerprint density at radius 2 is 1.93 bits per heavy atom. The van der Waals surface area contributed by atoms with E-state index in [1.807, 2.05) is 37.3 Å². The normalized spacial score (nSPS) is 27.1. The molecule has 7 heteroatoms. The Bertz CT molecular complexity index is 851. The molecular weight excluding hydrogens is 370 g/mol.